The second-order valence-corrected chi connectivity index (χ2v) is 5.04. The highest BCUT2D eigenvalue weighted by atomic mass is 16.2. The van der Waals surface area contributed by atoms with Gasteiger partial charge in [-0.25, -0.2) is 14.5 Å². The van der Waals surface area contributed by atoms with Crippen LogP contribution >= 0.6 is 0 Å². The zero-order valence-electron chi connectivity index (χ0n) is 12.1. The van der Waals surface area contributed by atoms with Gasteiger partial charge in [0.15, 0.2) is 5.65 Å². The molecule has 0 aliphatic heterocycles. The molecule has 112 valence electrons. The van der Waals surface area contributed by atoms with Crippen LogP contribution in [0.15, 0.2) is 18.5 Å². The molecule has 0 saturated heterocycles. The van der Waals surface area contributed by atoms with Gasteiger partial charge in [-0.2, -0.15) is 5.10 Å². The largest absolute Gasteiger partial charge is 0.352 e. The molecule has 0 spiro atoms. The Hall–Kier alpha value is -2.64. The SMILES string of the molecule is CC(C)n1ncc2cc(NC(=O)[C@H](C)NC(N)=O)cnc21. The van der Waals surface area contributed by atoms with Crippen molar-refractivity contribution in [2.24, 2.45) is 5.73 Å². The number of aromatic nitrogens is 3. The molecule has 0 bridgehead atoms. The van der Waals surface area contributed by atoms with Gasteiger partial charge in [0.1, 0.15) is 6.04 Å². The van der Waals surface area contributed by atoms with Gasteiger partial charge in [0.25, 0.3) is 0 Å². The molecule has 2 heterocycles. The van der Waals surface area contributed by atoms with E-state index in [-0.39, 0.29) is 11.9 Å². The maximum atomic E-state index is 11.9. The smallest absolute Gasteiger partial charge is 0.312 e. The van der Waals surface area contributed by atoms with Crippen LogP contribution in [0.1, 0.15) is 26.8 Å². The predicted molar refractivity (Wildman–Crippen MR) is 78.7 cm³/mol. The number of fused-ring (bicyclic) bond motifs is 1. The number of amides is 3. The Labute approximate surface area is 121 Å². The Bertz CT molecular complexity index is 678. The topological polar surface area (TPSA) is 115 Å². The third-order valence-electron chi connectivity index (χ3n) is 2.94. The number of rotatable bonds is 4. The van der Waals surface area contributed by atoms with E-state index in [9.17, 15) is 9.59 Å². The Morgan fingerprint density at radius 1 is 1.29 bits per heavy atom. The zero-order valence-corrected chi connectivity index (χ0v) is 12.1. The molecule has 2 aromatic heterocycles. The van der Waals surface area contributed by atoms with Crippen LogP contribution in [0, 0.1) is 0 Å². The normalized spacial score (nSPS) is 12.4. The summed E-state index contributed by atoms with van der Waals surface area (Å²) in [4.78, 5) is 26.9. The highest BCUT2D eigenvalue weighted by Gasteiger charge is 2.15. The van der Waals surface area contributed by atoms with E-state index in [1.165, 1.54) is 0 Å². The molecule has 3 amide bonds. The summed E-state index contributed by atoms with van der Waals surface area (Å²) in [6, 6.07) is 0.513. The quantitative estimate of drug-likeness (QED) is 0.779. The number of carbonyl (C=O) groups excluding carboxylic acids is 2. The van der Waals surface area contributed by atoms with Crippen molar-refractivity contribution in [2.45, 2.75) is 32.9 Å². The van der Waals surface area contributed by atoms with Crippen LogP contribution < -0.4 is 16.4 Å². The van der Waals surface area contributed by atoms with Gasteiger partial charge in [0, 0.05) is 11.4 Å². The van der Waals surface area contributed by atoms with Crippen LogP contribution in [0.25, 0.3) is 11.0 Å². The first-order valence-electron chi connectivity index (χ1n) is 6.58. The van der Waals surface area contributed by atoms with Crippen molar-refractivity contribution in [3.8, 4) is 0 Å². The van der Waals surface area contributed by atoms with E-state index in [0.717, 1.165) is 11.0 Å². The minimum Gasteiger partial charge on any atom is -0.352 e. The molecule has 0 aromatic carbocycles. The maximum Gasteiger partial charge on any atom is 0.312 e. The molecule has 2 aromatic rings. The highest BCUT2D eigenvalue weighted by Crippen LogP contribution is 2.19. The summed E-state index contributed by atoms with van der Waals surface area (Å²) in [6.07, 6.45) is 3.25. The van der Waals surface area contributed by atoms with Crippen molar-refractivity contribution in [2.75, 3.05) is 5.32 Å². The lowest BCUT2D eigenvalue weighted by Crippen LogP contribution is -2.44. The first kappa shape index (κ1) is 14.8. The van der Waals surface area contributed by atoms with Crippen molar-refractivity contribution in [3.63, 3.8) is 0 Å². The van der Waals surface area contributed by atoms with Crippen molar-refractivity contribution in [3.05, 3.63) is 18.5 Å². The van der Waals surface area contributed by atoms with Crippen LogP contribution in [-0.2, 0) is 4.79 Å². The highest BCUT2D eigenvalue weighted by molar-refractivity contribution is 5.97. The van der Waals surface area contributed by atoms with E-state index in [1.54, 1.807) is 30.1 Å². The fourth-order valence-corrected chi connectivity index (χ4v) is 1.92. The number of nitrogens with zero attached hydrogens (tertiary/aromatic N) is 3. The molecule has 4 N–H and O–H groups in total. The van der Waals surface area contributed by atoms with E-state index in [1.807, 2.05) is 13.8 Å². The average molecular weight is 290 g/mol. The Morgan fingerprint density at radius 3 is 2.62 bits per heavy atom. The molecule has 2 rings (SSSR count). The number of nitrogens with one attached hydrogen (secondary N) is 2. The lowest BCUT2D eigenvalue weighted by molar-refractivity contribution is -0.117. The number of anilines is 1. The molecule has 21 heavy (non-hydrogen) atoms. The molecule has 0 aliphatic carbocycles. The molecule has 8 nitrogen and oxygen atoms in total. The van der Waals surface area contributed by atoms with E-state index in [0.29, 0.717) is 5.69 Å². The van der Waals surface area contributed by atoms with Crippen LogP contribution in [0.2, 0.25) is 0 Å². The number of urea groups is 1. The fraction of sp³-hybridized carbons (Fsp3) is 0.385. The lowest BCUT2D eigenvalue weighted by atomic mass is 10.3. The Balaban J connectivity index is 2.16. The van der Waals surface area contributed by atoms with Crippen LogP contribution in [0.3, 0.4) is 0 Å². The second-order valence-electron chi connectivity index (χ2n) is 5.04. The molecule has 0 aliphatic rings. The fourth-order valence-electron chi connectivity index (χ4n) is 1.92. The minimum atomic E-state index is -0.746. The van der Waals surface area contributed by atoms with E-state index >= 15 is 0 Å². The van der Waals surface area contributed by atoms with Crippen molar-refractivity contribution < 1.29 is 9.59 Å². The molecule has 0 saturated carbocycles. The zero-order chi connectivity index (χ0) is 15.6. The molecular formula is C13H18N6O2. The van der Waals surface area contributed by atoms with Crippen molar-refractivity contribution >= 4 is 28.7 Å². The summed E-state index contributed by atoms with van der Waals surface area (Å²) in [5, 5.41) is 10.1. The Morgan fingerprint density at radius 2 is 2.00 bits per heavy atom. The van der Waals surface area contributed by atoms with Gasteiger partial charge in [-0.1, -0.05) is 0 Å². The average Bonchev–Trinajstić information content (AvgIpc) is 2.80. The van der Waals surface area contributed by atoms with Crippen LogP contribution in [0.4, 0.5) is 10.5 Å². The summed E-state index contributed by atoms with van der Waals surface area (Å²) in [6.45, 7) is 5.57. The predicted octanol–water partition coefficient (Wildman–Crippen LogP) is 1.01. The van der Waals surface area contributed by atoms with E-state index in [4.69, 9.17) is 5.73 Å². The van der Waals surface area contributed by atoms with Gasteiger partial charge in [-0.15, -0.1) is 0 Å². The number of carbonyl (C=O) groups is 2. The second kappa shape index (κ2) is 5.78. The maximum absolute atomic E-state index is 11.9. The summed E-state index contributed by atoms with van der Waals surface area (Å²) in [5.74, 6) is -0.369. The third kappa shape index (κ3) is 3.28. The van der Waals surface area contributed by atoms with Gasteiger partial charge in [0.2, 0.25) is 5.91 Å². The molecule has 0 radical (unpaired) electrons. The number of hydrogen-bond donors (Lipinski definition) is 3. The van der Waals surface area contributed by atoms with Gasteiger partial charge in [-0.05, 0) is 26.8 Å². The van der Waals surface area contributed by atoms with E-state index in [2.05, 4.69) is 20.7 Å². The summed E-state index contributed by atoms with van der Waals surface area (Å²) < 4.78 is 1.80. The van der Waals surface area contributed by atoms with Gasteiger partial charge in [-0.3, -0.25) is 4.79 Å². The first-order chi connectivity index (χ1) is 9.88. The first-order valence-corrected chi connectivity index (χ1v) is 6.58. The molecule has 1 atom stereocenters. The van der Waals surface area contributed by atoms with Crippen molar-refractivity contribution in [1.82, 2.24) is 20.1 Å². The minimum absolute atomic E-state index is 0.204. The summed E-state index contributed by atoms with van der Waals surface area (Å²) in [7, 11) is 0. The van der Waals surface area contributed by atoms with Gasteiger partial charge < -0.3 is 16.4 Å². The van der Waals surface area contributed by atoms with E-state index < -0.39 is 12.1 Å². The monoisotopic (exact) mass is 290 g/mol. The Kier molecular flexibility index (Phi) is 4.06. The number of nitrogens with two attached hydrogens (primary N) is 1. The number of primary amides is 1. The third-order valence-corrected chi connectivity index (χ3v) is 2.94. The lowest BCUT2D eigenvalue weighted by Gasteiger charge is -2.12. The van der Waals surface area contributed by atoms with Crippen LogP contribution in [0.5, 0.6) is 0 Å². The molecular weight excluding hydrogens is 272 g/mol. The van der Waals surface area contributed by atoms with Crippen molar-refractivity contribution in [1.29, 1.82) is 0 Å². The number of pyridine rings is 1. The molecule has 0 fully saturated rings. The van der Waals surface area contributed by atoms with Crippen LogP contribution in [-0.4, -0.2) is 32.7 Å². The summed E-state index contributed by atoms with van der Waals surface area (Å²) in [5.41, 5.74) is 6.27. The molecule has 8 heteroatoms. The standard InChI is InChI=1S/C13H18N6O2/c1-7(2)19-11-9(5-16-19)4-10(6-15-11)18-12(20)8(3)17-13(14)21/h4-8H,1-3H3,(H,18,20)(H3,14,17,21)/t8-/m0/s1. The van der Waals surface area contributed by atoms with Gasteiger partial charge in [0.05, 0.1) is 18.1 Å². The summed E-state index contributed by atoms with van der Waals surface area (Å²) >= 11 is 0. The molecule has 0 unspecified atom stereocenters. The number of hydrogen-bond acceptors (Lipinski definition) is 4. The van der Waals surface area contributed by atoms with Gasteiger partial charge >= 0.3 is 6.03 Å².